The molecule has 0 saturated heterocycles. The van der Waals surface area contributed by atoms with Crippen molar-refractivity contribution in [2.24, 2.45) is 5.92 Å². The lowest BCUT2D eigenvalue weighted by Gasteiger charge is -2.34. The Bertz CT molecular complexity index is 941. The maximum absolute atomic E-state index is 12.9. The first-order valence-electron chi connectivity index (χ1n) is 12.0. The van der Waals surface area contributed by atoms with E-state index < -0.39 is 0 Å². The minimum Gasteiger partial charge on any atom is -0.493 e. The zero-order valence-corrected chi connectivity index (χ0v) is 20.0. The van der Waals surface area contributed by atoms with Crippen LogP contribution in [0.4, 0.5) is 0 Å². The van der Waals surface area contributed by atoms with E-state index in [4.69, 9.17) is 9.47 Å². The molecular weight excluding hydrogens is 438 g/mol. The van der Waals surface area contributed by atoms with Gasteiger partial charge in [-0.2, -0.15) is 0 Å². The van der Waals surface area contributed by atoms with Crippen molar-refractivity contribution in [3.63, 3.8) is 0 Å². The Hall–Kier alpha value is -2.61. The van der Waals surface area contributed by atoms with Gasteiger partial charge in [-0.05, 0) is 37.8 Å². The summed E-state index contributed by atoms with van der Waals surface area (Å²) in [6.45, 7) is 0.266. The third kappa shape index (κ3) is 6.25. The highest BCUT2D eigenvalue weighted by Gasteiger charge is 2.31. The van der Waals surface area contributed by atoms with Crippen LogP contribution in [0.2, 0.25) is 0 Å². The molecule has 0 radical (unpaired) electrons. The number of amides is 2. The molecule has 178 valence electrons. The molecular formula is C25H33N3O4S. The van der Waals surface area contributed by atoms with Crippen molar-refractivity contribution >= 4 is 23.2 Å². The third-order valence-corrected chi connectivity index (χ3v) is 7.41. The van der Waals surface area contributed by atoms with Gasteiger partial charge in [0.15, 0.2) is 11.5 Å². The largest absolute Gasteiger partial charge is 0.493 e. The van der Waals surface area contributed by atoms with Crippen molar-refractivity contribution in [3.8, 4) is 11.5 Å². The fourth-order valence-corrected chi connectivity index (χ4v) is 5.43. The molecule has 0 aliphatic heterocycles. The summed E-state index contributed by atoms with van der Waals surface area (Å²) in [6.07, 6.45) is 9.35. The Morgan fingerprint density at radius 1 is 0.970 bits per heavy atom. The number of nitrogens with zero attached hydrogens (tertiary/aromatic N) is 1. The molecule has 33 heavy (non-hydrogen) atoms. The minimum atomic E-state index is -0.196. The molecule has 2 aliphatic rings. The molecule has 4 rings (SSSR count). The molecule has 0 spiro atoms. The molecule has 1 aromatic carbocycles. The van der Waals surface area contributed by atoms with Crippen molar-refractivity contribution in [2.45, 2.75) is 76.5 Å². The highest BCUT2D eigenvalue weighted by atomic mass is 32.1. The summed E-state index contributed by atoms with van der Waals surface area (Å²) in [5, 5.41) is 8.85. The highest BCUT2D eigenvalue weighted by Crippen LogP contribution is 2.28. The molecule has 2 aromatic rings. The molecule has 7 nitrogen and oxygen atoms in total. The van der Waals surface area contributed by atoms with Gasteiger partial charge in [-0.3, -0.25) is 9.59 Å². The predicted octanol–water partition coefficient (Wildman–Crippen LogP) is 4.47. The van der Waals surface area contributed by atoms with Gasteiger partial charge in [-0.15, -0.1) is 11.3 Å². The first-order valence-corrected chi connectivity index (χ1v) is 12.8. The topological polar surface area (TPSA) is 89.6 Å². The third-order valence-electron chi connectivity index (χ3n) is 6.59. The van der Waals surface area contributed by atoms with Crippen LogP contribution in [0.1, 0.15) is 73.3 Å². The standard InChI is InChI=1S/C25H33N3O4S/c1-31-21-13-7-8-14-22(21)32-15-23-26-20(16-33-23)25(30)28-19-12-6-5-11-18(19)27-24(29)17-9-3-2-4-10-17/h7-8,13-14,16-19H,2-6,9-12,15H2,1H3,(H,27,29)(H,28,30). The van der Waals surface area contributed by atoms with E-state index in [0.717, 1.165) is 56.4 Å². The van der Waals surface area contributed by atoms with Gasteiger partial charge in [0.2, 0.25) is 5.91 Å². The lowest BCUT2D eigenvalue weighted by Crippen LogP contribution is -2.54. The van der Waals surface area contributed by atoms with Gasteiger partial charge >= 0.3 is 0 Å². The number of aromatic nitrogens is 1. The molecule has 1 aromatic heterocycles. The van der Waals surface area contributed by atoms with Crippen LogP contribution in [0.15, 0.2) is 29.6 Å². The second-order valence-corrected chi connectivity index (χ2v) is 9.82. The monoisotopic (exact) mass is 471 g/mol. The van der Waals surface area contributed by atoms with Crippen LogP contribution in [0.25, 0.3) is 0 Å². The molecule has 1 heterocycles. The van der Waals surface area contributed by atoms with E-state index in [1.807, 2.05) is 24.3 Å². The fraction of sp³-hybridized carbons (Fsp3) is 0.560. The SMILES string of the molecule is COc1ccccc1OCc1nc(C(=O)NC2CCCCC2NC(=O)C2CCCCC2)cs1. The average molecular weight is 472 g/mol. The lowest BCUT2D eigenvalue weighted by atomic mass is 9.86. The molecule has 2 atom stereocenters. The highest BCUT2D eigenvalue weighted by molar-refractivity contribution is 7.09. The first-order chi connectivity index (χ1) is 16.1. The number of ether oxygens (including phenoxy) is 2. The van der Waals surface area contributed by atoms with Crippen LogP contribution in [0.5, 0.6) is 11.5 Å². The van der Waals surface area contributed by atoms with Crippen LogP contribution in [0, 0.1) is 5.92 Å². The van der Waals surface area contributed by atoms with Crippen molar-refractivity contribution in [2.75, 3.05) is 7.11 Å². The summed E-state index contributed by atoms with van der Waals surface area (Å²) in [6, 6.07) is 7.37. The average Bonchev–Trinajstić information content (AvgIpc) is 3.34. The summed E-state index contributed by atoms with van der Waals surface area (Å²) in [5.74, 6) is 1.39. The Labute approximate surface area is 199 Å². The van der Waals surface area contributed by atoms with Crippen molar-refractivity contribution in [1.29, 1.82) is 0 Å². The Morgan fingerprint density at radius 3 is 2.36 bits per heavy atom. The Morgan fingerprint density at radius 2 is 1.64 bits per heavy atom. The maximum Gasteiger partial charge on any atom is 0.271 e. The number of methoxy groups -OCH3 is 1. The van der Waals surface area contributed by atoms with Gasteiger partial charge in [0, 0.05) is 23.4 Å². The van der Waals surface area contributed by atoms with E-state index >= 15 is 0 Å². The van der Waals surface area contributed by atoms with Crippen LogP contribution < -0.4 is 20.1 Å². The second kappa shape index (κ2) is 11.5. The van der Waals surface area contributed by atoms with Gasteiger partial charge in [0.25, 0.3) is 5.91 Å². The molecule has 8 heteroatoms. The maximum atomic E-state index is 12.9. The van der Waals surface area contributed by atoms with Crippen LogP contribution in [-0.2, 0) is 11.4 Å². The zero-order chi connectivity index (χ0) is 23.0. The minimum absolute atomic E-state index is 0.0101. The molecule has 2 unspecified atom stereocenters. The normalized spacial score (nSPS) is 21.2. The zero-order valence-electron chi connectivity index (χ0n) is 19.2. The van der Waals surface area contributed by atoms with Gasteiger partial charge in [0.05, 0.1) is 7.11 Å². The van der Waals surface area contributed by atoms with Crippen LogP contribution >= 0.6 is 11.3 Å². The number of benzene rings is 1. The van der Waals surface area contributed by atoms with E-state index in [0.29, 0.717) is 17.2 Å². The Balaban J connectivity index is 1.32. The van der Waals surface area contributed by atoms with Crippen LogP contribution in [0.3, 0.4) is 0 Å². The number of thiazole rings is 1. The molecule has 2 N–H and O–H groups in total. The van der Waals surface area contributed by atoms with E-state index in [9.17, 15) is 9.59 Å². The quantitative estimate of drug-likeness (QED) is 0.593. The molecule has 2 fully saturated rings. The Kier molecular flexibility index (Phi) is 8.20. The van der Waals surface area contributed by atoms with Crippen LogP contribution in [-0.4, -0.2) is 36.0 Å². The number of nitrogens with one attached hydrogen (secondary N) is 2. The number of hydrogen-bond acceptors (Lipinski definition) is 6. The van der Waals surface area contributed by atoms with E-state index in [1.54, 1.807) is 12.5 Å². The van der Waals surface area contributed by atoms with Gasteiger partial charge in [-0.25, -0.2) is 4.98 Å². The van der Waals surface area contributed by atoms with E-state index in [-0.39, 0.29) is 36.4 Å². The lowest BCUT2D eigenvalue weighted by molar-refractivity contribution is -0.127. The summed E-state index contributed by atoms with van der Waals surface area (Å²) in [5.41, 5.74) is 0.390. The number of carbonyl (C=O) groups excluding carboxylic acids is 2. The summed E-state index contributed by atoms with van der Waals surface area (Å²) in [4.78, 5) is 30.1. The molecule has 2 aliphatic carbocycles. The predicted molar refractivity (Wildman–Crippen MR) is 128 cm³/mol. The molecule has 0 bridgehead atoms. The van der Waals surface area contributed by atoms with Gasteiger partial charge in [0.1, 0.15) is 17.3 Å². The van der Waals surface area contributed by atoms with E-state index in [1.165, 1.54) is 17.8 Å². The first kappa shape index (κ1) is 23.5. The fourth-order valence-electron chi connectivity index (χ4n) is 4.74. The second-order valence-electron chi connectivity index (χ2n) is 8.88. The number of hydrogen-bond donors (Lipinski definition) is 2. The smallest absolute Gasteiger partial charge is 0.271 e. The number of rotatable bonds is 8. The number of carbonyl (C=O) groups is 2. The van der Waals surface area contributed by atoms with Gasteiger partial charge in [-0.1, -0.05) is 44.2 Å². The summed E-state index contributed by atoms with van der Waals surface area (Å²) >= 11 is 1.40. The van der Waals surface area contributed by atoms with Crippen molar-refractivity contribution in [1.82, 2.24) is 15.6 Å². The van der Waals surface area contributed by atoms with Crippen molar-refractivity contribution < 1.29 is 19.1 Å². The molecule has 2 saturated carbocycles. The van der Waals surface area contributed by atoms with E-state index in [2.05, 4.69) is 15.6 Å². The molecule has 2 amide bonds. The number of para-hydroxylation sites is 2. The summed E-state index contributed by atoms with van der Waals surface area (Å²) < 4.78 is 11.1. The summed E-state index contributed by atoms with van der Waals surface area (Å²) in [7, 11) is 1.60. The van der Waals surface area contributed by atoms with Crippen molar-refractivity contribution in [3.05, 3.63) is 40.3 Å². The van der Waals surface area contributed by atoms with Gasteiger partial charge < -0.3 is 20.1 Å².